The van der Waals surface area contributed by atoms with E-state index in [2.05, 4.69) is 33.0 Å². The average molecular weight is 349 g/mol. The summed E-state index contributed by atoms with van der Waals surface area (Å²) >= 11 is 3.47. The summed E-state index contributed by atoms with van der Waals surface area (Å²) in [5.41, 5.74) is 7.14. The maximum Gasteiger partial charge on any atom is 0.233 e. The Balaban J connectivity index is 1.54. The van der Waals surface area contributed by atoms with Crippen LogP contribution in [0.2, 0.25) is 0 Å². The van der Waals surface area contributed by atoms with Gasteiger partial charge in [0.2, 0.25) is 5.91 Å². The first-order chi connectivity index (χ1) is 10.1. The number of amides is 1. The Morgan fingerprint density at radius 2 is 1.90 bits per heavy atom. The van der Waals surface area contributed by atoms with Crippen molar-refractivity contribution in [3.05, 3.63) is 34.3 Å². The predicted octanol–water partition coefficient (Wildman–Crippen LogP) is 2.68. The van der Waals surface area contributed by atoms with E-state index >= 15 is 0 Å². The number of carbonyl (C=O) groups is 1. The molecule has 2 saturated carbocycles. The summed E-state index contributed by atoms with van der Waals surface area (Å²) in [4.78, 5) is 15.1. The van der Waals surface area contributed by atoms with Gasteiger partial charge in [-0.1, -0.05) is 28.1 Å². The van der Waals surface area contributed by atoms with Crippen molar-refractivity contribution in [2.75, 3.05) is 13.1 Å². The topological polar surface area (TPSA) is 46.3 Å². The van der Waals surface area contributed by atoms with Gasteiger partial charge in [0, 0.05) is 23.6 Å². The first-order valence-electron chi connectivity index (χ1n) is 7.91. The summed E-state index contributed by atoms with van der Waals surface area (Å²) in [7, 11) is 0. The van der Waals surface area contributed by atoms with Crippen LogP contribution in [-0.2, 0) is 10.2 Å². The molecule has 21 heavy (non-hydrogen) atoms. The summed E-state index contributed by atoms with van der Waals surface area (Å²) in [5, 5.41) is 0. The number of nitrogens with two attached hydrogens (primary N) is 1. The van der Waals surface area contributed by atoms with Crippen molar-refractivity contribution in [2.45, 2.75) is 37.1 Å². The van der Waals surface area contributed by atoms with E-state index in [0.29, 0.717) is 23.8 Å². The molecule has 0 bridgehead atoms. The number of hydrogen-bond donors (Lipinski definition) is 1. The van der Waals surface area contributed by atoms with Crippen molar-refractivity contribution in [1.82, 2.24) is 4.90 Å². The minimum Gasteiger partial charge on any atom is -0.341 e. The number of benzene rings is 1. The Morgan fingerprint density at radius 3 is 2.52 bits per heavy atom. The Hall–Kier alpha value is -0.870. The molecule has 112 valence electrons. The van der Waals surface area contributed by atoms with Gasteiger partial charge in [-0.15, -0.1) is 0 Å². The third-order valence-corrected chi connectivity index (χ3v) is 6.28. The molecule has 3 atom stereocenters. The molecule has 3 fully saturated rings. The highest BCUT2D eigenvalue weighted by Gasteiger charge is 2.55. The number of rotatable bonds is 2. The number of likely N-dealkylation sites (tertiary alicyclic amines) is 1. The zero-order valence-electron chi connectivity index (χ0n) is 12.1. The van der Waals surface area contributed by atoms with Gasteiger partial charge in [-0.2, -0.15) is 0 Å². The van der Waals surface area contributed by atoms with E-state index in [-0.39, 0.29) is 5.41 Å². The zero-order valence-corrected chi connectivity index (χ0v) is 13.7. The SMILES string of the molecule is NC1CCC2CN(C(=O)C3(c4ccc(Br)cc4)CC3)CC12. The fraction of sp³-hybridized carbons (Fsp3) is 0.588. The van der Waals surface area contributed by atoms with Crippen LogP contribution >= 0.6 is 15.9 Å². The summed E-state index contributed by atoms with van der Waals surface area (Å²) < 4.78 is 1.07. The molecule has 1 saturated heterocycles. The third-order valence-electron chi connectivity index (χ3n) is 5.76. The van der Waals surface area contributed by atoms with Crippen molar-refractivity contribution in [2.24, 2.45) is 17.6 Å². The maximum absolute atomic E-state index is 13.0. The molecular weight excluding hydrogens is 328 g/mol. The van der Waals surface area contributed by atoms with Crippen molar-refractivity contribution in [1.29, 1.82) is 0 Å². The van der Waals surface area contributed by atoms with Crippen molar-refractivity contribution >= 4 is 21.8 Å². The molecule has 2 aliphatic carbocycles. The zero-order chi connectivity index (χ0) is 14.6. The van der Waals surface area contributed by atoms with Gasteiger partial charge in [0.15, 0.2) is 0 Å². The normalized spacial score (nSPS) is 33.0. The lowest BCUT2D eigenvalue weighted by molar-refractivity contribution is -0.133. The second-order valence-electron chi connectivity index (χ2n) is 6.96. The molecule has 3 nitrogen and oxygen atoms in total. The minimum atomic E-state index is -0.233. The highest BCUT2D eigenvalue weighted by Crippen LogP contribution is 2.51. The third kappa shape index (κ3) is 2.15. The molecule has 1 aromatic rings. The quantitative estimate of drug-likeness (QED) is 0.892. The number of carbonyl (C=O) groups excluding carboxylic acids is 1. The number of halogens is 1. The van der Waals surface area contributed by atoms with Gasteiger partial charge in [-0.3, -0.25) is 4.79 Å². The maximum atomic E-state index is 13.0. The fourth-order valence-electron chi connectivity index (χ4n) is 4.30. The smallest absolute Gasteiger partial charge is 0.233 e. The first kappa shape index (κ1) is 13.8. The number of fused-ring (bicyclic) bond motifs is 1. The van der Waals surface area contributed by atoms with Crippen molar-refractivity contribution in [3.63, 3.8) is 0 Å². The molecule has 3 unspecified atom stereocenters. The standard InChI is InChI=1S/C17H21BrN2O/c18-13-4-2-12(3-5-13)17(7-8-17)16(21)20-9-11-1-6-15(19)14(11)10-20/h2-5,11,14-15H,1,6-10,19H2. The molecule has 4 rings (SSSR count). The van der Waals surface area contributed by atoms with Crippen molar-refractivity contribution in [3.8, 4) is 0 Å². The summed E-state index contributed by atoms with van der Waals surface area (Å²) in [6.07, 6.45) is 4.31. The summed E-state index contributed by atoms with van der Waals surface area (Å²) in [5.74, 6) is 1.52. The van der Waals surface area contributed by atoms with Crippen LogP contribution < -0.4 is 5.73 Å². The van der Waals surface area contributed by atoms with E-state index in [1.807, 2.05) is 12.1 Å². The molecular formula is C17H21BrN2O. The van der Waals surface area contributed by atoms with Gasteiger partial charge < -0.3 is 10.6 Å². The Labute approximate surface area is 134 Å². The fourth-order valence-corrected chi connectivity index (χ4v) is 4.56. The summed E-state index contributed by atoms with van der Waals surface area (Å²) in [6.45, 7) is 1.80. The molecule has 3 aliphatic rings. The second-order valence-corrected chi connectivity index (χ2v) is 7.88. The largest absolute Gasteiger partial charge is 0.341 e. The van der Waals surface area contributed by atoms with Crippen LogP contribution in [0.5, 0.6) is 0 Å². The van der Waals surface area contributed by atoms with Crippen LogP contribution in [0.25, 0.3) is 0 Å². The summed E-state index contributed by atoms with van der Waals surface area (Å²) in [6, 6.07) is 8.57. The highest BCUT2D eigenvalue weighted by atomic mass is 79.9. The van der Waals surface area contributed by atoms with Crippen molar-refractivity contribution < 1.29 is 4.79 Å². The van der Waals surface area contributed by atoms with Crippen LogP contribution in [0.1, 0.15) is 31.2 Å². The lowest BCUT2D eigenvalue weighted by atomic mass is 9.94. The molecule has 1 amide bonds. The molecule has 1 heterocycles. The van der Waals surface area contributed by atoms with Gasteiger partial charge in [-0.05, 0) is 55.2 Å². The van der Waals surface area contributed by atoms with Crippen LogP contribution in [0.3, 0.4) is 0 Å². The van der Waals surface area contributed by atoms with Crippen LogP contribution in [-0.4, -0.2) is 29.9 Å². The first-order valence-corrected chi connectivity index (χ1v) is 8.70. The predicted molar refractivity (Wildman–Crippen MR) is 85.8 cm³/mol. The second kappa shape index (κ2) is 4.82. The van der Waals surface area contributed by atoms with E-state index in [0.717, 1.165) is 36.8 Å². The van der Waals surface area contributed by atoms with Crippen LogP contribution in [0.15, 0.2) is 28.7 Å². The minimum absolute atomic E-state index is 0.233. The molecule has 2 N–H and O–H groups in total. The van der Waals surface area contributed by atoms with E-state index in [4.69, 9.17) is 5.73 Å². The Kier molecular flexibility index (Phi) is 3.16. The van der Waals surface area contributed by atoms with E-state index in [1.54, 1.807) is 0 Å². The van der Waals surface area contributed by atoms with Gasteiger partial charge in [-0.25, -0.2) is 0 Å². The van der Waals surface area contributed by atoms with E-state index < -0.39 is 0 Å². The van der Waals surface area contributed by atoms with Gasteiger partial charge in [0.05, 0.1) is 5.41 Å². The van der Waals surface area contributed by atoms with E-state index in [9.17, 15) is 4.79 Å². The lowest BCUT2D eigenvalue weighted by Crippen LogP contribution is -2.39. The monoisotopic (exact) mass is 348 g/mol. The molecule has 0 radical (unpaired) electrons. The molecule has 4 heteroatoms. The lowest BCUT2D eigenvalue weighted by Gasteiger charge is -2.25. The van der Waals surface area contributed by atoms with Crippen LogP contribution in [0, 0.1) is 11.8 Å². The van der Waals surface area contributed by atoms with E-state index in [1.165, 1.54) is 12.0 Å². The van der Waals surface area contributed by atoms with Crippen LogP contribution in [0.4, 0.5) is 0 Å². The Morgan fingerprint density at radius 1 is 1.19 bits per heavy atom. The van der Waals surface area contributed by atoms with Gasteiger partial charge in [0.1, 0.15) is 0 Å². The highest BCUT2D eigenvalue weighted by molar-refractivity contribution is 9.10. The Bertz CT molecular complexity index is 567. The number of hydrogen-bond acceptors (Lipinski definition) is 2. The molecule has 0 spiro atoms. The molecule has 0 aromatic heterocycles. The van der Waals surface area contributed by atoms with Gasteiger partial charge in [0.25, 0.3) is 0 Å². The number of nitrogens with zero attached hydrogens (tertiary/aromatic N) is 1. The van der Waals surface area contributed by atoms with Gasteiger partial charge >= 0.3 is 0 Å². The molecule has 1 aliphatic heterocycles. The average Bonchev–Trinajstić information content (AvgIpc) is 3.06. The molecule has 1 aromatic carbocycles.